The van der Waals surface area contributed by atoms with Crippen molar-refractivity contribution in [3.8, 4) is 0 Å². The number of hydrogen-bond acceptors (Lipinski definition) is 12. The minimum atomic E-state index is -4.33. The third-order valence-electron chi connectivity index (χ3n) is 6.85. The lowest BCUT2D eigenvalue weighted by molar-refractivity contribution is -0.870. The van der Waals surface area contributed by atoms with Gasteiger partial charge in [-0.1, -0.05) is 25.6 Å². The largest absolute Gasteiger partial charge is 0.756 e. The first-order chi connectivity index (χ1) is 21.4. The maximum absolute atomic E-state index is 12.0. The van der Waals surface area contributed by atoms with Gasteiger partial charge >= 0.3 is 14.5 Å². The van der Waals surface area contributed by atoms with Gasteiger partial charge in [-0.25, -0.2) is 4.79 Å². The highest BCUT2D eigenvalue weighted by atomic mass is 31.2. The molecule has 0 radical (unpaired) electrons. The van der Waals surface area contributed by atoms with E-state index >= 15 is 0 Å². The van der Waals surface area contributed by atoms with Gasteiger partial charge in [0.1, 0.15) is 26.3 Å². The molecule has 0 fully saturated rings. The Morgan fingerprint density at radius 3 is 1.74 bits per heavy atom. The van der Waals surface area contributed by atoms with E-state index in [1.54, 1.807) is 6.92 Å². The molecule has 0 aromatic heterocycles. The van der Waals surface area contributed by atoms with Crippen LogP contribution in [0.3, 0.4) is 0 Å². The maximum atomic E-state index is 12.0. The molecule has 0 spiro atoms. The molecule has 47 heavy (non-hydrogen) atoms. The van der Waals surface area contributed by atoms with Gasteiger partial charge in [-0.3, -0.25) is 9.13 Å². The topological polar surface area (TPSA) is 162 Å². The molecule has 14 nitrogen and oxygen atoms in total. The molecular formula is C28H64N2O12P2Si3. The van der Waals surface area contributed by atoms with Crippen molar-refractivity contribution in [2.45, 2.75) is 70.4 Å². The Hall–Kier alpha value is -0.0794. The molecule has 5 atom stereocenters. The van der Waals surface area contributed by atoms with Crippen LogP contribution in [0, 0.1) is 0 Å². The summed E-state index contributed by atoms with van der Waals surface area (Å²) in [4.78, 5) is 35.8. The van der Waals surface area contributed by atoms with Gasteiger partial charge in [0.05, 0.1) is 70.9 Å². The van der Waals surface area contributed by atoms with Crippen LogP contribution in [-0.4, -0.2) is 136 Å². The first kappa shape index (κ1) is 46.9. The second-order valence-corrected chi connectivity index (χ2v) is 26.5. The summed E-state index contributed by atoms with van der Waals surface area (Å²) in [5, 5.41) is 0. The standard InChI is InChI=1S/C28H64N2O12P2Si3/c1-27(2)28(31)36-18-15-25-47(11,41-26-45(9)23-14-20-38-44(34,35)40-22-17-30(6,7)8)42-46(10)24-13-12-19-37-43(32,33)39-21-16-29(3,4)5/h45-46H,1,12-26H2,2-11H3. The zero-order valence-corrected chi connectivity index (χ0v) is 35.8. The van der Waals surface area contributed by atoms with E-state index in [1.807, 2.05) is 48.8 Å². The van der Waals surface area contributed by atoms with Gasteiger partial charge in [0.2, 0.25) is 0 Å². The Labute approximate surface area is 288 Å². The third kappa shape index (κ3) is 28.3. The monoisotopic (exact) mass is 766 g/mol. The van der Waals surface area contributed by atoms with E-state index in [-0.39, 0.29) is 33.0 Å². The predicted octanol–water partition coefficient (Wildman–Crippen LogP) is 2.94. The first-order valence-corrected chi connectivity index (χ1v) is 27.1. The van der Waals surface area contributed by atoms with E-state index in [4.69, 9.17) is 31.4 Å². The maximum Gasteiger partial charge on any atom is 0.333 e. The molecule has 0 aliphatic heterocycles. The molecule has 0 saturated heterocycles. The van der Waals surface area contributed by atoms with Gasteiger partial charge in [-0.15, -0.1) is 0 Å². The number of esters is 1. The lowest BCUT2D eigenvalue weighted by Gasteiger charge is -2.32. The molecule has 0 N–H and O–H groups in total. The summed E-state index contributed by atoms with van der Waals surface area (Å²) in [6.07, 6.45) is 3.07. The minimum Gasteiger partial charge on any atom is -0.756 e. The van der Waals surface area contributed by atoms with Crippen molar-refractivity contribution in [1.29, 1.82) is 0 Å². The highest BCUT2D eigenvalue weighted by molar-refractivity contribution is 7.46. The molecule has 0 aromatic carbocycles. The zero-order chi connectivity index (χ0) is 36.4. The summed E-state index contributed by atoms with van der Waals surface area (Å²) < 4.78 is 63.6. The molecule has 0 aromatic rings. The average molecular weight is 767 g/mol. The second kappa shape index (κ2) is 22.7. The first-order valence-electron chi connectivity index (χ1n) is 16.4. The quantitative estimate of drug-likeness (QED) is 0.0274. The number of carbonyl (C=O) groups is 1. The fourth-order valence-electron chi connectivity index (χ4n) is 3.98. The van der Waals surface area contributed by atoms with Crippen LogP contribution >= 0.6 is 15.6 Å². The van der Waals surface area contributed by atoms with Crippen molar-refractivity contribution >= 4 is 48.0 Å². The van der Waals surface area contributed by atoms with Crippen LogP contribution in [0.5, 0.6) is 0 Å². The van der Waals surface area contributed by atoms with Gasteiger partial charge < -0.3 is 50.1 Å². The van der Waals surface area contributed by atoms with Crippen molar-refractivity contribution in [2.75, 3.05) is 94.6 Å². The van der Waals surface area contributed by atoms with Gasteiger partial charge in [-0.2, -0.15) is 0 Å². The number of rotatable bonds is 29. The number of unbranched alkanes of at least 4 members (excludes halogenated alkanes) is 1. The SMILES string of the molecule is C=C(C)C(=O)OCCC[Si](C)(OC[SiH](C)CCCOP(=O)([O-])OCC[N+](C)(C)C)O[SiH](C)CCCCOP(=O)([O-])OCC[N+](C)(C)C. The molecule has 0 aliphatic rings. The highest BCUT2D eigenvalue weighted by Crippen LogP contribution is 2.39. The Kier molecular flexibility index (Phi) is 22.6. The van der Waals surface area contributed by atoms with Gasteiger partial charge in [0, 0.05) is 11.8 Å². The fourth-order valence-corrected chi connectivity index (χ4v) is 15.4. The Morgan fingerprint density at radius 1 is 0.766 bits per heavy atom. The zero-order valence-electron chi connectivity index (χ0n) is 30.7. The number of ether oxygens (including phenoxy) is 1. The number of carbonyl (C=O) groups excluding carboxylic acids is 1. The summed E-state index contributed by atoms with van der Waals surface area (Å²) in [7, 11) is -2.61. The Morgan fingerprint density at radius 2 is 1.26 bits per heavy atom. The van der Waals surface area contributed by atoms with Gasteiger partial charge in [0.25, 0.3) is 15.6 Å². The molecular weight excluding hydrogens is 703 g/mol. The highest BCUT2D eigenvalue weighted by Gasteiger charge is 2.34. The van der Waals surface area contributed by atoms with Crippen molar-refractivity contribution in [3.63, 3.8) is 0 Å². The summed E-state index contributed by atoms with van der Waals surface area (Å²) in [5.74, 6) is -0.425. The van der Waals surface area contributed by atoms with E-state index in [9.17, 15) is 23.7 Å². The summed E-state index contributed by atoms with van der Waals surface area (Å²) in [6.45, 7) is 13.1. The van der Waals surface area contributed by atoms with Crippen LogP contribution in [0.1, 0.15) is 32.6 Å². The molecule has 5 unspecified atom stereocenters. The van der Waals surface area contributed by atoms with Crippen LogP contribution in [0.15, 0.2) is 12.2 Å². The minimum absolute atomic E-state index is 0.0581. The number of phosphoric acid groups is 2. The lowest BCUT2D eigenvalue weighted by Crippen LogP contribution is -2.45. The third-order valence-corrected chi connectivity index (χ3v) is 18.2. The Bertz CT molecular complexity index is 1020. The molecule has 0 saturated carbocycles. The van der Waals surface area contributed by atoms with E-state index in [0.29, 0.717) is 59.2 Å². The predicted molar refractivity (Wildman–Crippen MR) is 188 cm³/mol. The second-order valence-electron chi connectivity index (χ2n) is 14.4. The molecule has 0 bridgehead atoms. The summed E-state index contributed by atoms with van der Waals surface area (Å²) in [5.41, 5.74) is 0.347. The van der Waals surface area contributed by atoms with Crippen LogP contribution in [-0.2, 0) is 45.3 Å². The van der Waals surface area contributed by atoms with Crippen LogP contribution < -0.4 is 9.79 Å². The van der Waals surface area contributed by atoms with Gasteiger partial charge in [0.15, 0.2) is 9.04 Å². The van der Waals surface area contributed by atoms with E-state index in [1.165, 1.54) is 0 Å². The summed E-state index contributed by atoms with van der Waals surface area (Å²) in [6, 6.07) is 2.30. The fraction of sp³-hybridized carbons (Fsp3) is 0.893. The molecule has 0 amide bonds. The van der Waals surface area contributed by atoms with Crippen molar-refractivity contribution in [1.82, 2.24) is 0 Å². The van der Waals surface area contributed by atoms with E-state index < -0.39 is 48.0 Å². The van der Waals surface area contributed by atoms with Crippen molar-refractivity contribution < 1.29 is 64.1 Å². The number of phosphoric ester groups is 2. The Balaban J connectivity index is 4.78. The van der Waals surface area contributed by atoms with Crippen LogP contribution in [0.4, 0.5) is 0 Å². The van der Waals surface area contributed by atoms with Gasteiger partial charge in [-0.05, 0) is 51.4 Å². The number of nitrogens with zero attached hydrogens (tertiary/aromatic N) is 2. The van der Waals surface area contributed by atoms with E-state index in [2.05, 4.69) is 19.7 Å². The van der Waals surface area contributed by atoms with Crippen LogP contribution in [0.25, 0.3) is 0 Å². The molecule has 0 rings (SSSR count). The van der Waals surface area contributed by atoms with Crippen molar-refractivity contribution in [2.24, 2.45) is 0 Å². The summed E-state index contributed by atoms with van der Waals surface area (Å²) >= 11 is 0. The molecule has 0 aliphatic carbocycles. The van der Waals surface area contributed by atoms with Crippen molar-refractivity contribution in [3.05, 3.63) is 12.2 Å². The molecule has 0 heterocycles. The number of quaternary nitrogens is 2. The van der Waals surface area contributed by atoms with E-state index in [0.717, 1.165) is 18.5 Å². The average Bonchev–Trinajstić information content (AvgIpc) is 2.90. The number of likely N-dealkylation sites (N-methyl/N-ethyl adjacent to an activating group) is 2. The normalized spacial score (nSPS) is 17.7. The molecule has 280 valence electrons. The van der Waals surface area contributed by atoms with Crippen LogP contribution in [0.2, 0.25) is 37.8 Å². The smallest absolute Gasteiger partial charge is 0.333 e. The lowest BCUT2D eigenvalue weighted by atomic mass is 10.4. The number of hydrogen-bond donors (Lipinski definition) is 0. The molecule has 19 heteroatoms.